The number of hydrogen-bond donors (Lipinski definition) is 1. The lowest BCUT2D eigenvalue weighted by Gasteiger charge is -2.36. The Morgan fingerprint density at radius 1 is 1.26 bits per heavy atom. The standard InChI is InChI=1S/C13H17F2N5O.2ClH/c14-13(15)8-10(16-9-13)12(21)20-6-4-19(5-7-20)11-2-1-3-17-18-11;;/h1-3,10,16H,4-9H2;2*1H. The largest absolute Gasteiger partial charge is 0.352 e. The normalized spacial score (nSPS) is 23.0. The first-order valence-electron chi connectivity index (χ1n) is 6.98. The summed E-state index contributed by atoms with van der Waals surface area (Å²) in [5.74, 6) is -2.23. The number of carbonyl (C=O) groups is 1. The van der Waals surface area contributed by atoms with Gasteiger partial charge in [-0.3, -0.25) is 10.1 Å². The van der Waals surface area contributed by atoms with Crippen LogP contribution in [0.2, 0.25) is 0 Å². The first-order valence-corrected chi connectivity index (χ1v) is 6.98. The summed E-state index contributed by atoms with van der Waals surface area (Å²) >= 11 is 0. The van der Waals surface area contributed by atoms with Crippen molar-refractivity contribution in [2.75, 3.05) is 37.6 Å². The Balaban J connectivity index is 0.00000132. The predicted octanol–water partition coefficient (Wildman–Crippen LogP) is 0.966. The van der Waals surface area contributed by atoms with Gasteiger partial charge in [-0.2, -0.15) is 5.10 Å². The number of piperazine rings is 1. The van der Waals surface area contributed by atoms with Crippen molar-refractivity contribution >= 4 is 36.5 Å². The fourth-order valence-corrected chi connectivity index (χ4v) is 2.73. The molecule has 130 valence electrons. The highest BCUT2D eigenvalue weighted by Gasteiger charge is 2.43. The van der Waals surface area contributed by atoms with E-state index in [1.54, 1.807) is 11.1 Å². The number of nitrogens with zero attached hydrogens (tertiary/aromatic N) is 4. The smallest absolute Gasteiger partial charge is 0.262 e. The Morgan fingerprint density at radius 2 is 1.96 bits per heavy atom. The number of amides is 1. The Bertz CT molecular complexity index is 514. The van der Waals surface area contributed by atoms with Gasteiger partial charge >= 0.3 is 0 Å². The van der Waals surface area contributed by atoms with Gasteiger partial charge in [0, 0.05) is 38.8 Å². The molecule has 2 aliphatic rings. The number of aromatic nitrogens is 2. The molecule has 2 aliphatic heterocycles. The van der Waals surface area contributed by atoms with E-state index in [1.165, 1.54) is 0 Å². The van der Waals surface area contributed by atoms with Gasteiger partial charge in [0.25, 0.3) is 5.92 Å². The molecule has 3 rings (SSSR count). The van der Waals surface area contributed by atoms with E-state index in [9.17, 15) is 13.6 Å². The molecule has 1 N–H and O–H groups in total. The number of rotatable bonds is 2. The summed E-state index contributed by atoms with van der Waals surface area (Å²) in [6.45, 7) is 1.88. The van der Waals surface area contributed by atoms with Crippen LogP contribution in [0.5, 0.6) is 0 Å². The number of nitrogens with one attached hydrogen (secondary N) is 1. The molecular formula is C13H19Cl2F2N5O. The summed E-state index contributed by atoms with van der Waals surface area (Å²) in [5, 5.41) is 10.5. The van der Waals surface area contributed by atoms with Crippen LogP contribution in [-0.2, 0) is 4.79 Å². The topological polar surface area (TPSA) is 61.4 Å². The summed E-state index contributed by atoms with van der Waals surface area (Å²) in [4.78, 5) is 15.9. The molecule has 0 bridgehead atoms. The first-order chi connectivity index (χ1) is 10.1. The molecule has 1 atom stereocenters. The van der Waals surface area contributed by atoms with Crippen LogP contribution in [0, 0.1) is 0 Å². The van der Waals surface area contributed by atoms with Gasteiger partial charge in [0.15, 0.2) is 5.82 Å². The van der Waals surface area contributed by atoms with Gasteiger partial charge < -0.3 is 9.80 Å². The van der Waals surface area contributed by atoms with Crippen molar-refractivity contribution in [1.29, 1.82) is 0 Å². The van der Waals surface area contributed by atoms with Crippen molar-refractivity contribution in [3.63, 3.8) is 0 Å². The number of hydrogen-bond acceptors (Lipinski definition) is 5. The highest BCUT2D eigenvalue weighted by Crippen LogP contribution is 2.26. The van der Waals surface area contributed by atoms with Crippen LogP contribution < -0.4 is 10.2 Å². The van der Waals surface area contributed by atoms with Crippen molar-refractivity contribution in [2.45, 2.75) is 18.4 Å². The third-order valence-corrected chi connectivity index (χ3v) is 3.88. The maximum Gasteiger partial charge on any atom is 0.262 e. The zero-order valence-electron chi connectivity index (χ0n) is 12.3. The predicted molar refractivity (Wildman–Crippen MR) is 86.7 cm³/mol. The maximum absolute atomic E-state index is 13.1. The van der Waals surface area contributed by atoms with Crippen molar-refractivity contribution in [2.24, 2.45) is 0 Å². The van der Waals surface area contributed by atoms with Crippen LogP contribution in [0.3, 0.4) is 0 Å². The molecule has 0 aromatic carbocycles. The number of anilines is 1. The van der Waals surface area contributed by atoms with Crippen molar-refractivity contribution in [3.05, 3.63) is 18.3 Å². The van der Waals surface area contributed by atoms with E-state index in [4.69, 9.17) is 0 Å². The third-order valence-electron chi connectivity index (χ3n) is 3.88. The summed E-state index contributed by atoms with van der Waals surface area (Å²) in [6, 6.07) is 2.91. The van der Waals surface area contributed by atoms with E-state index < -0.39 is 24.9 Å². The maximum atomic E-state index is 13.1. The molecule has 0 radical (unpaired) electrons. The van der Waals surface area contributed by atoms with Gasteiger partial charge in [-0.05, 0) is 12.1 Å². The fraction of sp³-hybridized carbons (Fsp3) is 0.615. The molecule has 0 saturated carbocycles. The van der Waals surface area contributed by atoms with Crippen LogP contribution in [-0.4, -0.2) is 65.7 Å². The van der Waals surface area contributed by atoms with E-state index in [1.807, 2.05) is 17.0 Å². The monoisotopic (exact) mass is 369 g/mol. The molecule has 1 unspecified atom stereocenters. The lowest BCUT2D eigenvalue weighted by Crippen LogP contribution is -2.53. The number of halogens is 4. The third kappa shape index (κ3) is 4.62. The second-order valence-corrected chi connectivity index (χ2v) is 5.39. The van der Waals surface area contributed by atoms with Gasteiger partial charge in [-0.15, -0.1) is 29.9 Å². The molecule has 6 nitrogen and oxygen atoms in total. The minimum Gasteiger partial charge on any atom is -0.352 e. The van der Waals surface area contributed by atoms with E-state index in [2.05, 4.69) is 15.5 Å². The molecule has 10 heteroatoms. The summed E-state index contributed by atoms with van der Waals surface area (Å²) in [5.41, 5.74) is 0. The average Bonchev–Trinajstić information content (AvgIpc) is 2.88. The summed E-state index contributed by atoms with van der Waals surface area (Å²) in [6.07, 6.45) is 1.20. The van der Waals surface area contributed by atoms with Crippen LogP contribution in [0.1, 0.15) is 6.42 Å². The summed E-state index contributed by atoms with van der Waals surface area (Å²) < 4.78 is 26.3. The van der Waals surface area contributed by atoms with Crippen molar-refractivity contribution < 1.29 is 13.6 Å². The van der Waals surface area contributed by atoms with Crippen LogP contribution >= 0.6 is 24.8 Å². The first kappa shape index (κ1) is 19.8. The molecule has 0 aliphatic carbocycles. The van der Waals surface area contributed by atoms with Gasteiger partial charge in [-0.25, -0.2) is 8.78 Å². The molecule has 1 aromatic heterocycles. The zero-order valence-corrected chi connectivity index (χ0v) is 14.0. The fourth-order valence-electron chi connectivity index (χ4n) is 2.73. The molecule has 3 heterocycles. The lowest BCUT2D eigenvalue weighted by atomic mass is 10.1. The molecule has 1 aromatic rings. The second-order valence-electron chi connectivity index (χ2n) is 5.39. The minimum absolute atomic E-state index is 0. The second kappa shape index (κ2) is 8.03. The SMILES string of the molecule is Cl.Cl.O=C(C1CC(F)(F)CN1)N1CCN(c2cccnn2)CC1. The Morgan fingerprint density at radius 3 is 2.48 bits per heavy atom. The highest BCUT2D eigenvalue weighted by molar-refractivity contribution is 5.85. The lowest BCUT2D eigenvalue weighted by molar-refractivity contribution is -0.134. The van der Waals surface area contributed by atoms with E-state index in [0.29, 0.717) is 26.2 Å². The zero-order chi connectivity index (χ0) is 14.9. The minimum atomic E-state index is -2.78. The molecule has 2 saturated heterocycles. The van der Waals surface area contributed by atoms with Crippen molar-refractivity contribution in [1.82, 2.24) is 20.4 Å². The van der Waals surface area contributed by atoms with E-state index >= 15 is 0 Å². The van der Waals surface area contributed by atoms with Crippen LogP contribution in [0.4, 0.5) is 14.6 Å². The van der Waals surface area contributed by atoms with Gasteiger partial charge in [0.1, 0.15) is 0 Å². The van der Waals surface area contributed by atoms with Gasteiger partial charge in [0.05, 0.1) is 12.6 Å². The van der Waals surface area contributed by atoms with Crippen LogP contribution in [0.15, 0.2) is 18.3 Å². The Labute approximate surface area is 145 Å². The number of carbonyl (C=O) groups excluding carboxylic acids is 1. The molecule has 2 fully saturated rings. The van der Waals surface area contributed by atoms with Gasteiger partial charge in [-0.1, -0.05) is 0 Å². The molecule has 0 spiro atoms. The number of alkyl halides is 2. The molecular weight excluding hydrogens is 351 g/mol. The van der Waals surface area contributed by atoms with Crippen LogP contribution in [0.25, 0.3) is 0 Å². The molecule has 23 heavy (non-hydrogen) atoms. The van der Waals surface area contributed by atoms with Crippen molar-refractivity contribution in [3.8, 4) is 0 Å². The highest BCUT2D eigenvalue weighted by atomic mass is 35.5. The van der Waals surface area contributed by atoms with E-state index in [0.717, 1.165) is 5.82 Å². The quantitative estimate of drug-likeness (QED) is 0.841. The van der Waals surface area contributed by atoms with Gasteiger partial charge in [0.2, 0.25) is 5.91 Å². The molecule has 1 amide bonds. The average molecular weight is 370 g/mol. The Kier molecular flexibility index (Phi) is 6.91. The van der Waals surface area contributed by atoms with E-state index in [-0.39, 0.29) is 30.7 Å². The summed E-state index contributed by atoms with van der Waals surface area (Å²) in [7, 11) is 0. The Hall–Kier alpha value is -1.25.